The van der Waals surface area contributed by atoms with Crippen LogP contribution in [0.1, 0.15) is 25.5 Å². The van der Waals surface area contributed by atoms with Crippen molar-refractivity contribution >= 4 is 29.4 Å². The van der Waals surface area contributed by atoms with Crippen LogP contribution in [-0.2, 0) is 9.59 Å². The van der Waals surface area contributed by atoms with Gasteiger partial charge in [-0.15, -0.1) is 11.8 Å². The lowest BCUT2D eigenvalue weighted by molar-refractivity contribution is -0.129. The molecule has 1 aliphatic rings. The Labute approximate surface area is 140 Å². The smallest absolute Gasteiger partial charge is 0.238 e. The van der Waals surface area contributed by atoms with Crippen LogP contribution in [0.5, 0.6) is 0 Å². The van der Waals surface area contributed by atoms with Crippen molar-refractivity contribution in [3.8, 4) is 0 Å². The van der Waals surface area contributed by atoms with Gasteiger partial charge in [0.25, 0.3) is 0 Å². The highest BCUT2D eigenvalue weighted by atomic mass is 32.2. The van der Waals surface area contributed by atoms with Gasteiger partial charge in [-0.2, -0.15) is 0 Å². The maximum atomic E-state index is 12.3. The summed E-state index contributed by atoms with van der Waals surface area (Å²) in [6.07, 6.45) is 2.12. The number of likely N-dealkylation sites (N-methyl/N-ethyl adjacent to an activating group) is 1. The standard InChI is InChI=1S/C15H24N4O3S/c1-10-7-13(18-22-10)17-15(21)11(2)23-9-14(20)19-6-4-5-12(8-19)16-3/h7,11-12,16H,4-6,8-9H2,1-3H3,(H,17,18,21). The van der Waals surface area contributed by atoms with E-state index in [1.54, 1.807) is 19.9 Å². The highest BCUT2D eigenvalue weighted by Crippen LogP contribution is 2.17. The van der Waals surface area contributed by atoms with Gasteiger partial charge in [0.05, 0.1) is 11.0 Å². The van der Waals surface area contributed by atoms with E-state index in [1.165, 1.54) is 11.8 Å². The Morgan fingerprint density at radius 3 is 3.00 bits per heavy atom. The zero-order chi connectivity index (χ0) is 16.8. The van der Waals surface area contributed by atoms with E-state index in [0.29, 0.717) is 23.4 Å². The van der Waals surface area contributed by atoms with Crippen molar-refractivity contribution in [1.82, 2.24) is 15.4 Å². The topological polar surface area (TPSA) is 87.5 Å². The Hall–Kier alpha value is -1.54. The Morgan fingerprint density at radius 1 is 1.57 bits per heavy atom. The molecule has 0 bridgehead atoms. The summed E-state index contributed by atoms with van der Waals surface area (Å²) in [5.74, 6) is 1.26. The molecule has 1 saturated heterocycles. The summed E-state index contributed by atoms with van der Waals surface area (Å²) in [7, 11) is 1.92. The van der Waals surface area contributed by atoms with Gasteiger partial charge in [0.1, 0.15) is 5.76 Å². The zero-order valence-corrected chi connectivity index (χ0v) is 14.6. The third kappa shape index (κ3) is 5.24. The first-order valence-electron chi connectivity index (χ1n) is 7.80. The van der Waals surface area contributed by atoms with E-state index < -0.39 is 0 Å². The number of anilines is 1. The highest BCUT2D eigenvalue weighted by molar-refractivity contribution is 8.01. The van der Waals surface area contributed by atoms with Gasteiger partial charge < -0.3 is 20.1 Å². The Morgan fingerprint density at radius 2 is 2.35 bits per heavy atom. The molecule has 2 rings (SSSR count). The molecule has 2 amide bonds. The van der Waals surface area contributed by atoms with Gasteiger partial charge in [-0.3, -0.25) is 9.59 Å². The first kappa shape index (κ1) is 17.8. The van der Waals surface area contributed by atoms with Crippen LogP contribution in [0.2, 0.25) is 0 Å². The van der Waals surface area contributed by atoms with Gasteiger partial charge >= 0.3 is 0 Å². The fourth-order valence-corrected chi connectivity index (χ4v) is 3.24. The lowest BCUT2D eigenvalue weighted by Gasteiger charge is -2.32. The number of nitrogens with zero attached hydrogens (tertiary/aromatic N) is 2. The van der Waals surface area contributed by atoms with Gasteiger partial charge in [-0.1, -0.05) is 5.16 Å². The average molecular weight is 340 g/mol. The van der Waals surface area contributed by atoms with Crippen LogP contribution in [0.15, 0.2) is 10.6 Å². The average Bonchev–Trinajstić information content (AvgIpc) is 2.97. The number of piperidine rings is 1. The SMILES string of the molecule is CNC1CCCN(C(=O)CSC(C)C(=O)Nc2cc(C)on2)C1. The number of aromatic nitrogens is 1. The monoisotopic (exact) mass is 340 g/mol. The minimum Gasteiger partial charge on any atom is -0.360 e. The largest absolute Gasteiger partial charge is 0.360 e. The van der Waals surface area contributed by atoms with E-state index in [1.807, 2.05) is 11.9 Å². The van der Waals surface area contributed by atoms with E-state index in [9.17, 15) is 9.59 Å². The van der Waals surface area contributed by atoms with E-state index in [2.05, 4.69) is 15.8 Å². The molecule has 8 heteroatoms. The maximum Gasteiger partial charge on any atom is 0.238 e. The maximum absolute atomic E-state index is 12.3. The summed E-state index contributed by atoms with van der Waals surface area (Å²) in [4.78, 5) is 26.2. The van der Waals surface area contributed by atoms with Gasteiger partial charge in [0, 0.05) is 25.2 Å². The molecule has 1 aliphatic heterocycles. The second kappa shape index (κ2) is 8.35. The Balaban J connectivity index is 1.75. The van der Waals surface area contributed by atoms with E-state index in [4.69, 9.17) is 4.52 Å². The molecule has 2 atom stereocenters. The number of aryl methyl sites for hydroxylation is 1. The lowest BCUT2D eigenvalue weighted by Crippen LogP contribution is -2.47. The number of carbonyl (C=O) groups is 2. The fraction of sp³-hybridized carbons (Fsp3) is 0.667. The fourth-order valence-electron chi connectivity index (χ4n) is 2.46. The number of likely N-dealkylation sites (tertiary alicyclic amines) is 1. The summed E-state index contributed by atoms with van der Waals surface area (Å²) in [5, 5.41) is 9.30. The quantitative estimate of drug-likeness (QED) is 0.810. The molecule has 7 nitrogen and oxygen atoms in total. The van der Waals surface area contributed by atoms with Crippen molar-refractivity contribution in [3.05, 3.63) is 11.8 Å². The van der Waals surface area contributed by atoms with Crippen molar-refractivity contribution in [2.24, 2.45) is 0 Å². The minimum atomic E-state index is -0.333. The van der Waals surface area contributed by atoms with Crippen LogP contribution >= 0.6 is 11.8 Å². The highest BCUT2D eigenvalue weighted by Gasteiger charge is 2.24. The van der Waals surface area contributed by atoms with Crippen LogP contribution in [0.4, 0.5) is 5.82 Å². The minimum absolute atomic E-state index is 0.0897. The summed E-state index contributed by atoms with van der Waals surface area (Å²) in [5.41, 5.74) is 0. The number of carbonyl (C=O) groups excluding carboxylic acids is 2. The zero-order valence-electron chi connectivity index (χ0n) is 13.8. The van der Waals surface area contributed by atoms with E-state index in [0.717, 1.165) is 25.9 Å². The molecule has 2 N–H and O–H groups in total. The van der Waals surface area contributed by atoms with Crippen molar-refractivity contribution in [2.75, 3.05) is 31.2 Å². The molecular formula is C15H24N4O3S. The van der Waals surface area contributed by atoms with Crippen LogP contribution in [0.25, 0.3) is 0 Å². The van der Waals surface area contributed by atoms with E-state index >= 15 is 0 Å². The van der Waals surface area contributed by atoms with Crippen molar-refractivity contribution in [2.45, 2.75) is 38.0 Å². The second-order valence-electron chi connectivity index (χ2n) is 5.73. The first-order valence-corrected chi connectivity index (χ1v) is 8.85. The van der Waals surface area contributed by atoms with Crippen LogP contribution in [0, 0.1) is 6.92 Å². The molecule has 1 aromatic heterocycles. The molecule has 0 radical (unpaired) electrons. The Kier molecular flexibility index (Phi) is 6.47. The number of nitrogens with one attached hydrogen (secondary N) is 2. The predicted octanol–water partition coefficient (Wildman–Crippen LogP) is 1.25. The predicted molar refractivity (Wildman–Crippen MR) is 90.5 cm³/mol. The van der Waals surface area contributed by atoms with Crippen LogP contribution < -0.4 is 10.6 Å². The van der Waals surface area contributed by atoms with Crippen LogP contribution in [0.3, 0.4) is 0 Å². The van der Waals surface area contributed by atoms with Crippen molar-refractivity contribution in [1.29, 1.82) is 0 Å². The van der Waals surface area contributed by atoms with Gasteiger partial charge in [-0.05, 0) is 33.7 Å². The molecule has 2 heterocycles. The van der Waals surface area contributed by atoms with E-state index in [-0.39, 0.29) is 17.1 Å². The van der Waals surface area contributed by atoms with Crippen LogP contribution in [-0.4, -0.2) is 59.1 Å². The number of hydrogen-bond acceptors (Lipinski definition) is 6. The molecule has 0 aromatic carbocycles. The molecule has 23 heavy (non-hydrogen) atoms. The van der Waals surface area contributed by atoms with Gasteiger partial charge in [0.15, 0.2) is 5.82 Å². The molecule has 1 aromatic rings. The number of hydrogen-bond donors (Lipinski definition) is 2. The summed E-state index contributed by atoms with van der Waals surface area (Å²) in [6.45, 7) is 5.09. The lowest BCUT2D eigenvalue weighted by atomic mass is 10.1. The van der Waals surface area contributed by atoms with Gasteiger partial charge in [-0.25, -0.2) is 0 Å². The Bertz CT molecular complexity index is 549. The number of amides is 2. The number of rotatable bonds is 6. The first-order chi connectivity index (χ1) is 11.0. The summed E-state index contributed by atoms with van der Waals surface area (Å²) < 4.78 is 4.91. The summed E-state index contributed by atoms with van der Waals surface area (Å²) in [6, 6.07) is 2.03. The molecule has 0 saturated carbocycles. The third-order valence-electron chi connectivity index (χ3n) is 3.89. The van der Waals surface area contributed by atoms with Gasteiger partial charge in [0.2, 0.25) is 11.8 Å². The molecular weight excluding hydrogens is 316 g/mol. The summed E-state index contributed by atoms with van der Waals surface area (Å²) >= 11 is 1.34. The third-order valence-corrected chi connectivity index (χ3v) is 5.02. The van der Waals surface area contributed by atoms with Crippen molar-refractivity contribution < 1.29 is 14.1 Å². The normalized spacial score (nSPS) is 19.4. The second-order valence-corrected chi connectivity index (χ2v) is 7.06. The van der Waals surface area contributed by atoms with Crippen molar-refractivity contribution in [3.63, 3.8) is 0 Å². The molecule has 0 spiro atoms. The number of thioether (sulfide) groups is 1. The molecule has 128 valence electrons. The molecule has 2 unspecified atom stereocenters. The molecule has 0 aliphatic carbocycles. The molecule has 1 fully saturated rings.